The molecule has 6 heteroatoms. The van der Waals surface area contributed by atoms with Gasteiger partial charge >= 0.3 is 0 Å². The third-order valence-electron chi connectivity index (χ3n) is 5.33. The van der Waals surface area contributed by atoms with Crippen LogP contribution in [0, 0.1) is 0 Å². The van der Waals surface area contributed by atoms with Crippen LogP contribution in [-0.4, -0.2) is 44.3 Å². The van der Waals surface area contributed by atoms with E-state index in [0.717, 1.165) is 0 Å². The van der Waals surface area contributed by atoms with Gasteiger partial charge in [-0.25, -0.2) is 7.35 Å². The number of benzene rings is 1. The molecule has 0 N–H and O–H groups in total. The molecule has 0 saturated carbocycles. The van der Waals surface area contributed by atoms with Gasteiger partial charge in [0.15, 0.2) is 0 Å². The minimum atomic E-state index is -1.47. The normalized spacial score (nSPS) is 15.0. The van der Waals surface area contributed by atoms with E-state index in [1.54, 1.807) is 0 Å². The van der Waals surface area contributed by atoms with Crippen molar-refractivity contribution in [3.05, 3.63) is 30.3 Å². The van der Waals surface area contributed by atoms with Crippen molar-refractivity contribution >= 4 is 49.5 Å². The molecule has 0 amide bonds. The summed E-state index contributed by atoms with van der Waals surface area (Å²) in [5.41, 5.74) is 0. The summed E-state index contributed by atoms with van der Waals surface area (Å²) in [5.74, 6) is 0. The average molecular weight is 426 g/mol. The van der Waals surface area contributed by atoms with E-state index in [1.165, 1.54) is 0 Å². The molecule has 0 nitrogen and oxygen atoms in total. The van der Waals surface area contributed by atoms with Crippen LogP contribution in [0.4, 0.5) is 0 Å². The van der Waals surface area contributed by atoms with Crippen LogP contribution in [0.3, 0.4) is 0 Å². The fourth-order valence-electron chi connectivity index (χ4n) is 5.82. The highest BCUT2D eigenvalue weighted by Gasteiger charge is 2.55. The van der Waals surface area contributed by atoms with E-state index in [1.807, 2.05) is 5.19 Å². The molecular weight excluding hydrogens is 385 g/mol. The van der Waals surface area contributed by atoms with Crippen LogP contribution in [0.15, 0.2) is 30.3 Å². The smallest absolute Gasteiger partial charge is 0.00816 e. The Kier molecular flexibility index (Phi) is 6.51. The van der Waals surface area contributed by atoms with Gasteiger partial charge in [-0.2, -0.15) is 0 Å². The Bertz CT molecular complexity index is 512. The summed E-state index contributed by atoms with van der Waals surface area (Å²) >= 11 is 0. The van der Waals surface area contributed by atoms with Crippen LogP contribution < -0.4 is 5.19 Å². The zero-order chi connectivity index (χ0) is 19.2. The molecule has 0 unspecified atom stereocenters. The monoisotopic (exact) mass is 425 g/mol. The molecule has 0 saturated heterocycles. The summed E-state index contributed by atoms with van der Waals surface area (Å²) in [6.07, 6.45) is 0. The largest absolute Gasteiger partial charge is 0.250 e. The van der Waals surface area contributed by atoms with Crippen molar-refractivity contribution < 1.29 is 0 Å². The molecule has 0 fully saturated rings. The lowest BCUT2D eigenvalue weighted by Crippen LogP contribution is -2.93. The highest BCUT2D eigenvalue weighted by molar-refractivity contribution is 8.06. The second kappa shape index (κ2) is 6.92. The molecule has 0 atom stereocenters. The number of hydrogen-bond donors (Lipinski definition) is 0. The summed E-state index contributed by atoms with van der Waals surface area (Å²) in [7, 11) is -5.19. The van der Waals surface area contributed by atoms with E-state index >= 15 is 0 Å². The van der Waals surface area contributed by atoms with Crippen molar-refractivity contribution in [1.82, 2.24) is 0 Å². The maximum Gasteiger partial charge on any atom is 0.00816 e. The molecule has 0 bridgehead atoms. The van der Waals surface area contributed by atoms with Gasteiger partial charge in [0.1, 0.15) is 0 Å². The van der Waals surface area contributed by atoms with Gasteiger partial charge in [-0.05, 0) is 0 Å². The molecule has 0 aromatic heterocycles. The van der Waals surface area contributed by atoms with E-state index in [-0.39, 0.29) is 7.35 Å². The zero-order valence-corrected chi connectivity index (χ0v) is 24.4. The van der Waals surface area contributed by atoms with Crippen molar-refractivity contribution in [1.29, 1.82) is 0 Å². The number of hydrogen-bond acceptors (Lipinski definition) is 0. The lowest BCUT2D eigenvalue weighted by molar-refractivity contribution is 1.72. The van der Waals surface area contributed by atoms with Gasteiger partial charge in [-0.3, -0.25) is 0 Å². The fourth-order valence-corrected chi connectivity index (χ4v) is 207. The maximum absolute atomic E-state index is 2.75. The summed E-state index contributed by atoms with van der Waals surface area (Å²) in [5, 5.41) is 1.86. The molecule has 0 aliphatic carbocycles. The Hall–Kier alpha value is 0.521. The summed E-state index contributed by atoms with van der Waals surface area (Å²) in [4.78, 5) is 0. The standard InChI is InChI=1S/C18H41Si6/c1-20(2,3)19(21(4,5)6)24(22(7,8)9,23(10,11)12)18-16-14-13-15-17-18/h13-17H,1-12H3/q-1. The lowest BCUT2D eigenvalue weighted by atomic mass is 10.4. The Morgan fingerprint density at radius 3 is 1.12 bits per heavy atom. The third kappa shape index (κ3) is 4.09. The van der Waals surface area contributed by atoms with Crippen molar-refractivity contribution in [3.8, 4) is 0 Å². The lowest BCUT2D eigenvalue weighted by Gasteiger charge is -2.72. The summed E-state index contributed by atoms with van der Waals surface area (Å²) < 4.78 is 0. The molecule has 0 radical (unpaired) electrons. The predicted molar refractivity (Wildman–Crippen MR) is 131 cm³/mol. The van der Waals surface area contributed by atoms with Crippen LogP contribution in [0.2, 0.25) is 78.6 Å². The Morgan fingerprint density at radius 2 is 0.875 bits per heavy atom. The van der Waals surface area contributed by atoms with E-state index < -0.39 is 37.0 Å². The average Bonchev–Trinajstić information content (AvgIpc) is 2.30. The van der Waals surface area contributed by atoms with Crippen LogP contribution in [0.5, 0.6) is 0 Å². The van der Waals surface area contributed by atoms with Gasteiger partial charge in [0.25, 0.3) is 0 Å². The highest BCUT2D eigenvalue weighted by Crippen LogP contribution is 2.38. The Morgan fingerprint density at radius 1 is 0.542 bits per heavy atom. The van der Waals surface area contributed by atoms with E-state index in [4.69, 9.17) is 0 Å². The second-order valence-corrected chi connectivity index (χ2v) is 70.6. The van der Waals surface area contributed by atoms with Crippen molar-refractivity contribution in [2.75, 3.05) is 0 Å². The van der Waals surface area contributed by atoms with Crippen molar-refractivity contribution in [2.24, 2.45) is 0 Å². The predicted octanol–water partition coefficient (Wildman–Crippen LogP) is 5.58. The van der Waals surface area contributed by atoms with Gasteiger partial charge in [0.2, 0.25) is 0 Å². The fraction of sp³-hybridized carbons (Fsp3) is 0.667. The molecule has 1 aromatic rings. The highest BCUT2D eigenvalue weighted by atomic mass is 30.2. The van der Waals surface area contributed by atoms with Crippen molar-refractivity contribution in [3.63, 3.8) is 0 Å². The maximum atomic E-state index is 2.75. The van der Waals surface area contributed by atoms with E-state index in [0.29, 0.717) is 0 Å². The van der Waals surface area contributed by atoms with Gasteiger partial charge < -0.3 is 0 Å². The van der Waals surface area contributed by atoms with Gasteiger partial charge in [0, 0.05) is 15.2 Å². The number of rotatable bonds is 6. The molecule has 0 aliphatic rings. The second-order valence-electron chi connectivity index (χ2n) is 11.5. The molecule has 1 rings (SSSR count). The first-order valence-electron chi connectivity index (χ1n) is 9.41. The minimum absolute atomic E-state index is 0.300. The molecule has 138 valence electrons. The van der Waals surface area contributed by atoms with E-state index in [2.05, 4.69) is 109 Å². The molecule has 0 aliphatic heterocycles. The first-order valence-corrected chi connectivity index (χ1v) is 31.9. The third-order valence-corrected chi connectivity index (χ3v) is 116. The topological polar surface area (TPSA) is 0 Å². The van der Waals surface area contributed by atoms with Crippen LogP contribution in [0.1, 0.15) is 0 Å². The molecular formula is C18H41Si6-. The Balaban J connectivity index is 4.03. The molecule has 0 heterocycles. The first kappa shape index (κ1) is 22.6. The zero-order valence-electron chi connectivity index (χ0n) is 18.4. The van der Waals surface area contributed by atoms with Gasteiger partial charge in [-0.1, -0.05) is 121 Å². The first-order chi connectivity index (χ1) is 10.5. The molecule has 1 aromatic carbocycles. The van der Waals surface area contributed by atoms with Crippen LogP contribution >= 0.6 is 0 Å². The molecule has 24 heavy (non-hydrogen) atoms. The summed E-state index contributed by atoms with van der Waals surface area (Å²) in [6, 6.07) is 12.0. The Labute approximate surface area is 158 Å². The van der Waals surface area contributed by atoms with E-state index in [9.17, 15) is 0 Å². The summed E-state index contributed by atoms with van der Waals surface area (Å²) in [6.45, 7) is 31.4. The minimum Gasteiger partial charge on any atom is -0.250 e. The van der Waals surface area contributed by atoms with Gasteiger partial charge in [0.05, 0.1) is 0 Å². The van der Waals surface area contributed by atoms with Gasteiger partial charge in [-0.15, -0.1) is 15.2 Å². The molecule has 0 spiro atoms. The van der Waals surface area contributed by atoms with Crippen LogP contribution in [0.25, 0.3) is 0 Å². The van der Waals surface area contributed by atoms with Crippen molar-refractivity contribution in [2.45, 2.75) is 78.6 Å². The SMILES string of the molecule is C[Si](C)(C)[Si-]([Si](C)(C)C)[Si](c1ccccc1)([Si](C)(C)C)[Si](C)(C)C. The quantitative estimate of drug-likeness (QED) is 0.522. The van der Waals surface area contributed by atoms with Crippen LogP contribution in [-0.2, 0) is 0 Å².